The van der Waals surface area contributed by atoms with Crippen LogP contribution < -0.4 is 0 Å². The molecule has 0 radical (unpaired) electrons. The van der Waals surface area contributed by atoms with E-state index >= 15 is 0 Å². The number of hydrogen-bond donors (Lipinski definition) is 1. The van der Waals surface area contributed by atoms with E-state index in [1.165, 1.54) is 0 Å². The van der Waals surface area contributed by atoms with Crippen LogP contribution in [0.4, 0.5) is 0 Å². The maximum atomic E-state index is 10.9. The molecule has 0 aliphatic rings. The summed E-state index contributed by atoms with van der Waals surface area (Å²) in [5.41, 5.74) is 0. The number of carboxylic acids is 1. The number of hydrogen-bond acceptors (Lipinski definition) is 4. The Morgan fingerprint density at radius 3 is 2.62 bits per heavy atom. The summed E-state index contributed by atoms with van der Waals surface area (Å²) >= 11 is 0. The second kappa shape index (κ2) is 8.15. The monoisotopic (exact) mass is 210 g/mol. The van der Waals surface area contributed by atoms with Gasteiger partial charge in [0.1, 0.15) is 5.75 Å². The van der Waals surface area contributed by atoms with Crippen molar-refractivity contribution in [2.75, 3.05) is 38.4 Å². The molecule has 0 aromatic heterocycles. The molecule has 0 saturated heterocycles. The molecule has 0 heterocycles. The van der Waals surface area contributed by atoms with Crippen molar-refractivity contribution in [2.24, 2.45) is 0 Å². The van der Waals surface area contributed by atoms with Crippen molar-refractivity contribution in [3.63, 3.8) is 0 Å². The number of ether oxygens (including phenoxy) is 2. The van der Waals surface area contributed by atoms with Crippen LogP contribution in [0.2, 0.25) is 0 Å². The first-order chi connectivity index (χ1) is 6.16. The second-order valence-corrected chi connectivity index (χ2v) is 3.86. The minimum Gasteiger partial charge on any atom is -0.481 e. The molecule has 6 heteroatoms. The van der Waals surface area contributed by atoms with Crippen LogP contribution in [0.1, 0.15) is 0 Å². The Balaban J connectivity index is 3.22. The molecule has 0 aromatic rings. The van der Waals surface area contributed by atoms with Gasteiger partial charge in [-0.25, -0.2) is 0 Å². The van der Waals surface area contributed by atoms with Crippen LogP contribution in [0.3, 0.4) is 0 Å². The molecule has 0 rings (SSSR count). The summed E-state index contributed by atoms with van der Waals surface area (Å²) in [6.07, 6.45) is 0. The van der Waals surface area contributed by atoms with E-state index in [0.717, 1.165) is 0 Å². The lowest BCUT2D eigenvalue weighted by Gasteiger charge is -2.01. The zero-order valence-corrected chi connectivity index (χ0v) is 8.34. The molecule has 0 aliphatic carbocycles. The van der Waals surface area contributed by atoms with E-state index in [2.05, 4.69) is 0 Å². The maximum Gasteiger partial charge on any atom is 0.316 e. The number of aliphatic carboxylic acids is 1. The normalized spacial score (nSPS) is 12.7. The fourth-order valence-corrected chi connectivity index (χ4v) is 1.33. The van der Waals surface area contributed by atoms with E-state index in [-0.39, 0.29) is 11.5 Å². The zero-order valence-electron chi connectivity index (χ0n) is 7.52. The summed E-state index contributed by atoms with van der Waals surface area (Å²) in [6, 6.07) is 0. The Labute approximate surface area is 79.5 Å². The van der Waals surface area contributed by atoms with Crippen LogP contribution in [-0.2, 0) is 25.1 Å². The molecule has 0 spiro atoms. The minimum atomic E-state index is -1.32. The van der Waals surface area contributed by atoms with Crippen LogP contribution in [-0.4, -0.2) is 53.7 Å². The minimum absolute atomic E-state index is 0.260. The van der Waals surface area contributed by atoms with Crippen LogP contribution in [0.25, 0.3) is 0 Å². The van der Waals surface area contributed by atoms with Gasteiger partial charge in [-0.1, -0.05) is 0 Å². The summed E-state index contributed by atoms with van der Waals surface area (Å²) in [4.78, 5) is 10.1. The van der Waals surface area contributed by atoms with Gasteiger partial charge in [0.2, 0.25) is 0 Å². The van der Waals surface area contributed by atoms with Gasteiger partial charge in [-0.15, -0.1) is 0 Å². The fraction of sp³-hybridized carbons (Fsp3) is 0.857. The Hall–Kier alpha value is -0.460. The van der Waals surface area contributed by atoms with Crippen molar-refractivity contribution in [1.82, 2.24) is 0 Å². The van der Waals surface area contributed by atoms with E-state index in [1.54, 1.807) is 7.11 Å². The Bertz CT molecular complexity index is 170. The Morgan fingerprint density at radius 1 is 1.38 bits per heavy atom. The van der Waals surface area contributed by atoms with E-state index in [1.807, 2.05) is 0 Å². The van der Waals surface area contributed by atoms with Crippen molar-refractivity contribution >= 4 is 16.8 Å². The maximum absolute atomic E-state index is 10.9. The summed E-state index contributed by atoms with van der Waals surface area (Å²) in [5.74, 6) is -1.10. The van der Waals surface area contributed by atoms with Gasteiger partial charge in [0.25, 0.3) is 0 Å². The summed E-state index contributed by atoms with van der Waals surface area (Å²) in [5, 5.41) is 8.27. The van der Waals surface area contributed by atoms with Crippen molar-refractivity contribution in [3.05, 3.63) is 0 Å². The molecule has 5 nitrogen and oxygen atoms in total. The van der Waals surface area contributed by atoms with E-state index in [0.29, 0.717) is 19.8 Å². The first-order valence-corrected chi connectivity index (χ1v) is 5.29. The molecular weight excluding hydrogens is 196 g/mol. The number of rotatable bonds is 8. The second-order valence-electron chi connectivity index (χ2n) is 2.29. The largest absolute Gasteiger partial charge is 0.481 e. The molecule has 1 unspecified atom stereocenters. The highest BCUT2D eigenvalue weighted by Gasteiger charge is 2.04. The third kappa shape index (κ3) is 9.45. The van der Waals surface area contributed by atoms with Gasteiger partial charge in [-0.3, -0.25) is 9.00 Å². The van der Waals surface area contributed by atoms with Gasteiger partial charge in [0.15, 0.2) is 0 Å². The Kier molecular flexibility index (Phi) is 7.86. The van der Waals surface area contributed by atoms with Gasteiger partial charge in [0.05, 0.1) is 19.8 Å². The average molecular weight is 210 g/mol. The first-order valence-electron chi connectivity index (χ1n) is 3.80. The van der Waals surface area contributed by atoms with Gasteiger partial charge in [-0.2, -0.15) is 0 Å². The highest BCUT2D eigenvalue weighted by molar-refractivity contribution is 7.85. The van der Waals surface area contributed by atoms with Gasteiger partial charge < -0.3 is 14.6 Å². The lowest BCUT2D eigenvalue weighted by Crippen LogP contribution is -2.16. The first kappa shape index (κ1) is 12.5. The molecule has 0 saturated carbocycles. The van der Waals surface area contributed by atoms with Gasteiger partial charge >= 0.3 is 5.97 Å². The van der Waals surface area contributed by atoms with E-state index < -0.39 is 16.8 Å². The summed E-state index contributed by atoms with van der Waals surface area (Å²) in [7, 11) is 0.241. The Morgan fingerprint density at radius 2 is 2.08 bits per heavy atom. The molecule has 1 N–H and O–H groups in total. The van der Waals surface area contributed by atoms with Crippen LogP contribution in [0, 0.1) is 0 Å². The van der Waals surface area contributed by atoms with Crippen LogP contribution in [0.15, 0.2) is 0 Å². The number of carbonyl (C=O) groups is 1. The average Bonchev–Trinajstić information content (AvgIpc) is 2.02. The van der Waals surface area contributed by atoms with Crippen molar-refractivity contribution in [2.45, 2.75) is 0 Å². The molecule has 0 aliphatic heterocycles. The van der Waals surface area contributed by atoms with Crippen LogP contribution in [0.5, 0.6) is 0 Å². The predicted molar refractivity (Wildman–Crippen MR) is 48.2 cm³/mol. The zero-order chi connectivity index (χ0) is 10.1. The SMILES string of the molecule is COCCOCCS(=O)CC(=O)O. The number of carboxylic acid groups (broad SMARTS) is 1. The van der Waals surface area contributed by atoms with Crippen LogP contribution >= 0.6 is 0 Å². The lowest BCUT2D eigenvalue weighted by molar-refractivity contribution is -0.133. The molecule has 78 valence electrons. The quantitative estimate of drug-likeness (QED) is 0.546. The molecule has 0 aromatic carbocycles. The van der Waals surface area contributed by atoms with Crippen molar-refractivity contribution in [3.8, 4) is 0 Å². The van der Waals surface area contributed by atoms with Crippen molar-refractivity contribution < 1.29 is 23.6 Å². The highest BCUT2D eigenvalue weighted by atomic mass is 32.2. The molecule has 0 fully saturated rings. The topological polar surface area (TPSA) is 72.8 Å². The van der Waals surface area contributed by atoms with Gasteiger partial charge in [0, 0.05) is 23.7 Å². The molecule has 0 bridgehead atoms. The van der Waals surface area contributed by atoms with E-state index in [9.17, 15) is 9.00 Å². The smallest absolute Gasteiger partial charge is 0.316 e. The summed E-state index contributed by atoms with van der Waals surface area (Å²) < 4.78 is 20.6. The summed E-state index contributed by atoms with van der Waals surface area (Å²) in [6.45, 7) is 1.25. The standard InChI is InChI=1S/C7H14O5S/c1-11-2-3-12-4-5-13(10)6-7(8)9/h2-6H2,1H3,(H,8,9). The molecular formula is C7H14O5S. The predicted octanol–water partition coefficient (Wildman–Crippen LogP) is -0.517. The van der Waals surface area contributed by atoms with Gasteiger partial charge in [-0.05, 0) is 0 Å². The van der Waals surface area contributed by atoms with Crippen molar-refractivity contribution in [1.29, 1.82) is 0 Å². The molecule has 13 heavy (non-hydrogen) atoms. The van der Waals surface area contributed by atoms with E-state index in [4.69, 9.17) is 14.6 Å². The fourth-order valence-electron chi connectivity index (χ4n) is 0.606. The number of methoxy groups -OCH3 is 1. The third-order valence-electron chi connectivity index (χ3n) is 1.17. The molecule has 1 atom stereocenters. The molecule has 0 amide bonds. The third-order valence-corrected chi connectivity index (χ3v) is 2.36. The lowest BCUT2D eigenvalue weighted by atomic mass is 10.7. The highest BCUT2D eigenvalue weighted by Crippen LogP contribution is 1.84.